The molecule has 0 aliphatic carbocycles. The molecule has 0 amide bonds. The Balaban J connectivity index is 2.45. The predicted octanol–water partition coefficient (Wildman–Crippen LogP) is 1.94. The summed E-state index contributed by atoms with van der Waals surface area (Å²) in [6, 6.07) is 0. The topological polar surface area (TPSA) is 62.8 Å². The van der Waals surface area contributed by atoms with E-state index in [1.807, 2.05) is 18.9 Å². The average molecular weight is 310 g/mol. The molecule has 2 rings (SSSR count). The van der Waals surface area contributed by atoms with E-state index in [4.69, 9.17) is 12.2 Å². The number of aromatic nitrogens is 2. The van der Waals surface area contributed by atoms with Gasteiger partial charge in [-0.3, -0.25) is 18.9 Å². The maximum atomic E-state index is 12.4. The zero-order chi connectivity index (χ0) is 15.4. The van der Waals surface area contributed by atoms with Crippen LogP contribution >= 0.6 is 12.2 Å². The molecule has 0 bridgehead atoms. The minimum absolute atomic E-state index is 0.0991. The SMILES string of the molecule is CCn1c(O)c(/C=N/N2CCCCC2)c(=O)n(CC)c1=S. The molecule has 1 aromatic rings. The highest BCUT2D eigenvalue weighted by Crippen LogP contribution is 2.14. The molecule has 7 heteroatoms. The second kappa shape index (κ2) is 6.89. The van der Waals surface area contributed by atoms with Gasteiger partial charge >= 0.3 is 0 Å². The zero-order valence-corrected chi connectivity index (χ0v) is 13.4. The van der Waals surface area contributed by atoms with Crippen LogP contribution in [-0.4, -0.2) is 38.6 Å². The van der Waals surface area contributed by atoms with Crippen molar-refractivity contribution < 1.29 is 5.11 Å². The van der Waals surface area contributed by atoms with Gasteiger partial charge in [-0.25, -0.2) is 0 Å². The Labute approximate surface area is 129 Å². The van der Waals surface area contributed by atoms with Gasteiger partial charge in [0.25, 0.3) is 5.56 Å². The second-order valence-corrected chi connectivity index (χ2v) is 5.44. The van der Waals surface area contributed by atoms with Gasteiger partial charge in [-0.2, -0.15) is 5.10 Å². The van der Waals surface area contributed by atoms with Gasteiger partial charge < -0.3 is 5.11 Å². The Kier molecular flexibility index (Phi) is 5.17. The van der Waals surface area contributed by atoms with Crippen LogP contribution in [0.2, 0.25) is 0 Å². The summed E-state index contributed by atoms with van der Waals surface area (Å²) >= 11 is 5.25. The van der Waals surface area contributed by atoms with Gasteiger partial charge in [-0.15, -0.1) is 0 Å². The number of hydrogen-bond donors (Lipinski definition) is 1. The van der Waals surface area contributed by atoms with Gasteiger partial charge in [-0.1, -0.05) is 0 Å². The number of rotatable bonds is 4. The first kappa shape index (κ1) is 15.8. The smallest absolute Gasteiger partial charge is 0.267 e. The monoisotopic (exact) mass is 310 g/mol. The summed E-state index contributed by atoms with van der Waals surface area (Å²) in [5.41, 5.74) is -0.0802. The predicted molar refractivity (Wildman–Crippen MR) is 85.6 cm³/mol. The molecule has 1 fully saturated rings. The first-order chi connectivity index (χ1) is 10.1. The van der Waals surface area contributed by atoms with E-state index in [9.17, 15) is 9.90 Å². The molecule has 0 unspecified atom stereocenters. The molecule has 0 radical (unpaired) electrons. The molecule has 0 aromatic carbocycles. The molecule has 2 heterocycles. The van der Waals surface area contributed by atoms with Crippen molar-refractivity contribution in [1.29, 1.82) is 0 Å². The highest BCUT2D eigenvalue weighted by Gasteiger charge is 2.14. The summed E-state index contributed by atoms with van der Waals surface area (Å²) in [4.78, 5) is 12.4. The first-order valence-corrected chi connectivity index (χ1v) is 7.86. The molecular formula is C14H22N4O2S. The fraction of sp³-hybridized carbons (Fsp3) is 0.643. The highest BCUT2D eigenvalue weighted by atomic mass is 32.1. The average Bonchev–Trinajstić information content (AvgIpc) is 2.49. The van der Waals surface area contributed by atoms with Crippen LogP contribution < -0.4 is 5.56 Å². The molecule has 0 atom stereocenters. The quantitative estimate of drug-likeness (QED) is 0.682. The lowest BCUT2D eigenvalue weighted by Crippen LogP contribution is -2.29. The molecule has 1 aliphatic rings. The van der Waals surface area contributed by atoms with Gasteiger partial charge in [0.2, 0.25) is 5.88 Å². The lowest BCUT2D eigenvalue weighted by Gasteiger charge is -2.23. The van der Waals surface area contributed by atoms with E-state index in [1.54, 1.807) is 4.57 Å². The number of aromatic hydroxyl groups is 1. The summed E-state index contributed by atoms with van der Waals surface area (Å²) < 4.78 is 3.38. The van der Waals surface area contributed by atoms with Gasteiger partial charge in [0.1, 0.15) is 5.56 Å². The van der Waals surface area contributed by atoms with Crippen LogP contribution in [0.5, 0.6) is 5.88 Å². The Bertz CT molecular complexity index is 642. The van der Waals surface area contributed by atoms with Crippen LogP contribution in [0.1, 0.15) is 38.7 Å². The second-order valence-electron chi connectivity index (χ2n) is 5.07. The van der Waals surface area contributed by atoms with Gasteiger partial charge in [0, 0.05) is 26.2 Å². The van der Waals surface area contributed by atoms with Crippen LogP contribution in [0, 0.1) is 4.77 Å². The van der Waals surface area contributed by atoms with E-state index in [-0.39, 0.29) is 17.0 Å². The Morgan fingerprint density at radius 2 is 1.81 bits per heavy atom. The molecule has 1 N–H and O–H groups in total. The van der Waals surface area contributed by atoms with E-state index in [0.29, 0.717) is 17.9 Å². The molecule has 0 spiro atoms. The third-order valence-corrected chi connectivity index (χ3v) is 4.19. The summed E-state index contributed by atoms with van der Waals surface area (Å²) in [5, 5.41) is 16.6. The van der Waals surface area contributed by atoms with E-state index in [2.05, 4.69) is 5.10 Å². The lowest BCUT2D eigenvalue weighted by molar-refractivity contribution is 0.240. The number of nitrogens with zero attached hydrogens (tertiary/aromatic N) is 4. The summed E-state index contributed by atoms with van der Waals surface area (Å²) in [5.74, 6) is -0.0991. The minimum atomic E-state index is -0.287. The molecule has 1 aromatic heterocycles. The van der Waals surface area contributed by atoms with Crippen molar-refractivity contribution in [3.8, 4) is 5.88 Å². The van der Waals surface area contributed by atoms with Crippen molar-refractivity contribution in [2.24, 2.45) is 5.10 Å². The Hall–Kier alpha value is -1.63. The van der Waals surface area contributed by atoms with Crippen LogP contribution in [0.25, 0.3) is 0 Å². The van der Waals surface area contributed by atoms with E-state index in [0.717, 1.165) is 25.9 Å². The van der Waals surface area contributed by atoms with Crippen molar-refractivity contribution in [1.82, 2.24) is 14.1 Å². The molecular weight excluding hydrogens is 288 g/mol. The number of piperidine rings is 1. The van der Waals surface area contributed by atoms with E-state index >= 15 is 0 Å². The molecule has 6 nitrogen and oxygen atoms in total. The van der Waals surface area contributed by atoms with Crippen molar-refractivity contribution in [3.63, 3.8) is 0 Å². The minimum Gasteiger partial charge on any atom is -0.494 e. The third kappa shape index (κ3) is 3.18. The lowest BCUT2D eigenvalue weighted by atomic mass is 10.2. The highest BCUT2D eigenvalue weighted by molar-refractivity contribution is 7.71. The fourth-order valence-electron chi connectivity index (χ4n) is 2.52. The molecule has 1 aliphatic heterocycles. The van der Waals surface area contributed by atoms with Crippen molar-refractivity contribution in [3.05, 3.63) is 20.7 Å². The van der Waals surface area contributed by atoms with Gasteiger partial charge in [0.15, 0.2) is 4.77 Å². The van der Waals surface area contributed by atoms with Crippen molar-refractivity contribution in [2.75, 3.05) is 13.1 Å². The third-order valence-electron chi connectivity index (χ3n) is 3.75. The molecule has 116 valence electrons. The van der Waals surface area contributed by atoms with Crippen LogP contribution in [0.3, 0.4) is 0 Å². The Morgan fingerprint density at radius 3 is 2.38 bits per heavy atom. The fourth-order valence-corrected chi connectivity index (χ4v) is 2.95. The number of hydrogen-bond acceptors (Lipinski definition) is 5. The van der Waals surface area contributed by atoms with Gasteiger partial charge in [-0.05, 0) is 45.3 Å². The molecule has 21 heavy (non-hydrogen) atoms. The Morgan fingerprint density at radius 1 is 1.19 bits per heavy atom. The number of hydrazone groups is 1. The first-order valence-electron chi connectivity index (χ1n) is 7.45. The zero-order valence-electron chi connectivity index (χ0n) is 12.6. The largest absolute Gasteiger partial charge is 0.494 e. The summed E-state index contributed by atoms with van der Waals surface area (Å²) in [7, 11) is 0. The summed E-state index contributed by atoms with van der Waals surface area (Å²) in [6.07, 6.45) is 4.92. The normalized spacial score (nSPS) is 15.8. The van der Waals surface area contributed by atoms with Crippen molar-refractivity contribution in [2.45, 2.75) is 46.2 Å². The van der Waals surface area contributed by atoms with Crippen LogP contribution in [-0.2, 0) is 13.1 Å². The molecule has 1 saturated heterocycles. The van der Waals surface area contributed by atoms with Gasteiger partial charge in [0.05, 0.1) is 6.21 Å². The maximum Gasteiger partial charge on any atom is 0.267 e. The summed E-state index contributed by atoms with van der Waals surface area (Å²) in [6.45, 7) is 6.52. The van der Waals surface area contributed by atoms with E-state index in [1.165, 1.54) is 17.2 Å². The van der Waals surface area contributed by atoms with Crippen LogP contribution in [0.15, 0.2) is 9.90 Å². The van der Waals surface area contributed by atoms with E-state index < -0.39 is 0 Å². The van der Waals surface area contributed by atoms with Crippen LogP contribution in [0.4, 0.5) is 0 Å². The maximum absolute atomic E-state index is 12.4. The molecule has 0 saturated carbocycles. The standard InChI is InChI=1S/C14H22N4O2S/c1-3-17-12(19)11(13(20)18(4-2)14(17)21)10-15-16-8-6-5-7-9-16/h10,19H,3-9H2,1-2H3/b15-10+. The van der Waals surface area contributed by atoms with Crippen molar-refractivity contribution >= 4 is 18.4 Å².